The van der Waals surface area contributed by atoms with E-state index < -0.39 is 0 Å². The summed E-state index contributed by atoms with van der Waals surface area (Å²) in [4.78, 5) is 16.1. The van der Waals surface area contributed by atoms with Crippen molar-refractivity contribution in [1.29, 1.82) is 0 Å². The van der Waals surface area contributed by atoms with Gasteiger partial charge in [-0.1, -0.05) is 19.1 Å². The second-order valence-electron chi connectivity index (χ2n) is 6.46. The number of rotatable bonds is 7. The molecule has 0 radical (unpaired) electrons. The fourth-order valence-electron chi connectivity index (χ4n) is 3.27. The molecule has 1 amide bonds. The van der Waals surface area contributed by atoms with E-state index in [0.717, 1.165) is 18.7 Å². The maximum atomic E-state index is 12.8. The van der Waals surface area contributed by atoms with Crippen molar-refractivity contribution < 1.29 is 19.0 Å². The Hall–Kier alpha value is -2.54. The summed E-state index contributed by atoms with van der Waals surface area (Å²) < 4.78 is 16.0. The number of fused-ring (bicyclic) bond motifs is 1. The Bertz CT molecular complexity index is 818. The zero-order valence-electron chi connectivity index (χ0n) is 16.7. The average Bonchev–Trinajstić information content (AvgIpc) is 2.72. The van der Waals surface area contributed by atoms with E-state index in [4.69, 9.17) is 14.2 Å². The lowest BCUT2D eigenvalue weighted by molar-refractivity contribution is -0.115. The minimum absolute atomic E-state index is 0.0918. The third-order valence-electron chi connectivity index (χ3n) is 4.66. The van der Waals surface area contributed by atoms with Gasteiger partial charge < -0.3 is 24.4 Å². The molecule has 0 saturated heterocycles. The predicted octanol–water partition coefficient (Wildman–Crippen LogP) is 4.04. The van der Waals surface area contributed by atoms with Gasteiger partial charge in [0.05, 0.1) is 33.6 Å². The maximum absolute atomic E-state index is 12.8. The van der Waals surface area contributed by atoms with Crippen molar-refractivity contribution in [2.75, 3.05) is 44.6 Å². The predicted molar refractivity (Wildman–Crippen MR) is 113 cm³/mol. The Kier molecular flexibility index (Phi) is 6.57. The van der Waals surface area contributed by atoms with Gasteiger partial charge in [-0.15, -0.1) is 11.8 Å². The molecular formula is C21H26N2O4S. The van der Waals surface area contributed by atoms with Crippen LogP contribution in [0.4, 0.5) is 11.4 Å². The molecule has 0 bridgehead atoms. The highest BCUT2D eigenvalue weighted by molar-refractivity contribution is 8.00. The Morgan fingerprint density at radius 1 is 1.14 bits per heavy atom. The number of hydrogen-bond acceptors (Lipinski definition) is 6. The van der Waals surface area contributed by atoms with Gasteiger partial charge in [-0.2, -0.15) is 0 Å². The molecule has 28 heavy (non-hydrogen) atoms. The molecule has 3 rings (SSSR count). The van der Waals surface area contributed by atoms with E-state index in [9.17, 15) is 4.79 Å². The Balaban J connectivity index is 1.77. The highest BCUT2D eigenvalue weighted by Crippen LogP contribution is 2.41. The van der Waals surface area contributed by atoms with Crippen LogP contribution in [0, 0.1) is 0 Å². The quantitative estimate of drug-likeness (QED) is 0.754. The lowest BCUT2D eigenvalue weighted by Crippen LogP contribution is -2.40. The van der Waals surface area contributed by atoms with Crippen LogP contribution >= 0.6 is 11.8 Å². The van der Waals surface area contributed by atoms with Crippen molar-refractivity contribution in [2.24, 2.45) is 0 Å². The summed E-state index contributed by atoms with van der Waals surface area (Å²) in [7, 11) is 4.65. The summed E-state index contributed by atoms with van der Waals surface area (Å²) in [6.45, 7) is 3.31. The number of hydrogen-bond donors (Lipinski definition) is 1. The molecule has 1 aliphatic rings. The molecule has 0 saturated carbocycles. The summed E-state index contributed by atoms with van der Waals surface area (Å²) in [6, 6.07) is 11.7. The molecule has 0 unspecified atom stereocenters. The number of nitrogens with zero attached hydrogens (tertiary/aromatic N) is 1. The number of methoxy groups -OCH3 is 3. The summed E-state index contributed by atoms with van der Waals surface area (Å²) in [6.07, 6.45) is 1.06. The van der Waals surface area contributed by atoms with Crippen LogP contribution < -0.4 is 24.4 Å². The van der Waals surface area contributed by atoms with Crippen molar-refractivity contribution in [3.63, 3.8) is 0 Å². The van der Waals surface area contributed by atoms with Gasteiger partial charge in [-0.25, -0.2) is 0 Å². The minimum Gasteiger partial charge on any atom is -0.493 e. The first kappa shape index (κ1) is 20.2. The van der Waals surface area contributed by atoms with Crippen LogP contribution in [-0.4, -0.2) is 45.6 Å². The Morgan fingerprint density at radius 2 is 1.82 bits per heavy atom. The van der Waals surface area contributed by atoms with Gasteiger partial charge in [-0.05, 0) is 18.6 Å². The molecule has 0 fully saturated rings. The molecule has 2 aromatic rings. The lowest BCUT2D eigenvalue weighted by Gasteiger charge is -2.34. The molecule has 1 atom stereocenters. The molecule has 1 aliphatic heterocycles. The number of anilines is 2. The standard InChI is InChI=1S/C21H26N2O4S/c1-5-15-12-23(16-8-6-7-9-19(16)28-15)13-20(24)22-14-10-17(25-2)21(27-4)18(11-14)26-3/h6-11,15H,5,12-13H2,1-4H3,(H,22,24)/t15-/m0/s1. The molecule has 0 aliphatic carbocycles. The number of para-hydroxylation sites is 1. The molecular weight excluding hydrogens is 376 g/mol. The van der Waals surface area contributed by atoms with Crippen LogP contribution in [0.15, 0.2) is 41.3 Å². The first-order valence-electron chi connectivity index (χ1n) is 9.20. The van der Waals surface area contributed by atoms with Gasteiger partial charge in [0.1, 0.15) is 0 Å². The number of carbonyl (C=O) groups is 1. The second kappa shape index (κ2) is 9.10. The average molecular weight is 403 g/mol. The van der Waals surface area contributed by atoms with Gasteiger partial charge in [-0.3, -0.25) is 4.79 Å². The fraction of sp³-hybridized carbons (Fsp3) is 0.381. The van der Waals surface area contributed by atoms with Gasteiger partial charge in [0, 0.05) is 34.5 Å². The normalized spacial score (nSPS) is 15.6. The largest absolute Gasteiger partial charge is 0.493 e. The molecule has 150 valence electrons. The van der Waals surface area contributed by atoms with Crippen molar-refractivity contribution in [2.45, 2.75) is 23.5 Å². The zero-order chi connectivity index (χ0) is 20.1. The molecule has 1 N–H and O–H groups in total. The summed E-state index contributed by atoms with van der Waals surface area (Å²) >= 11 is 1.89. The summed E-state index contributed by atoms with van der Waals surface area (Å²) in [5.74, 6) is 1.41. The minimum atomic E-state index is -0.0918. The van der Waals surface area contributed by atoms with E-state index in [0.29, 0.717) is 28.2 Å². The molecule has 2 aromatic carbocycles. The highest BCUT2D eigenvalue weighted by atomic mass is 32.2. The van der Waals surface area contributed by atoms with Crippen LogP contribution in [0.1, 0.15) is 13.3 Å². The fourth-order valence-corrected chi connectivity index (χ4v) is 4.52. The van der Waals surface area contributed by atoms with Crippen LogP contribution in [0.2, 0.25) is 0 Å². The maximum Gasteiger partial charge on any atom is 0.243 e. The van der Waals surface area contributed by atoms with E-state index in [1.165, 1.54) is 4.90 Å². The van der Waals surface area contributed by atoms with Crippen LogP contribution in [0.3, 0.4) is 0 Å². The molecule has 7 heteroatoms. The van der Waals surface area contributed by atoms with Gasteiger partial charge >= 0.3 is 0 Å². The van der Waals surface area contributed by atoms with E-state index in [1.807, 2.05) is 23.9 Å². The first-order valence-corrected chi connectivity index (χ1v) is 10.1. The third kappa shape index (κ3) is 4.30. The lowest BCUT2D eigenvalue weighted by atomic mass is 10.2. The smallest absolute Gasteiger partial charge is 0.243 e. The van der Waals surface area contributed by atoms with Crippen molar-refractivity contribution in [3.05, 3.63) is 36.4 Å². The summed E-state index contributed by atoms with van der Waals surface area (Å²) in [5.41, 5.74) is 1.71. The van der Waals surface area contributed by atoms with Crippen molar-refractivity contribution in [1.82, 2.24) is 0 Å². The van der Waals surface area contributed by atoms with Gasteiger partial charge in [0.15, 0.2) is 11.5 Å². The van der Waals surface area contributed by atoms with Crippen molar-refractivity contribution >= 4 is 29.0 Å². The van der Waals surface area contributed by atoms with Gasteiger partial charge in [0.25, 0.3) is 0 Å². The number of carbonyl (C=O) groups excluding carboxylic acids is 1. The van der Waals surface area contributed by atoms with E-state index >= 15 is 0 Å². The number of benzene rings is 2. The number of thioether (sulfide) groups is 1. The third-order valence-corrected chi connectivity index (χ3v) is 6.08. The zero-order valence-corrected chi connectivity index (χ0v) is 17.5. The van der Waals surface area contributed by atoms with Crippen LogP contribution in [-0.2, 0) is 4.79 Å². The van der Waals surface area contributed by atoms with Crippen molar-refractivity contribution in [3.8, 4) is 17.2 Å². The molecule has 0 aromatic heterocycles. The summed E-state index contributed by atoms with van der Waals surface area (Å²) in [5, 5.41) is 3.43. The number of amides is 1. The number of ether oxygens (including phenoxy) is 3. The Labute approximate surface area is 170 Å². The Morgan fingerprint density at radius 3 is 2.43 bits per heavy atom. The topological polar surface area (TPSA) is 60.0 Å². The molecule has 6 nitrogen and oxygen atoms in total. The van der Waals surface area contributed by atoms with E-state index in [-0.39, 0.29) is 12.5 Å². The SMILES string of the molecule is CC[C@H]1CN(CC(=O)Nc2cc(OC)c(OC)c(OC)c2)c2ccccc2S1. The van der Waals surface area contributed by atoms with Gasteiger partial charge in [0.2, 0.25) is 11.7 Å². The number of nitrogens with one attached hydrogen (secondary N) is 1. The monoisotopic (exact) mass is 402 g/mol. The molecule has 1 heterocycles. The second-order valence-corrected chi connectivity index (χ2v) is 7.80. The van der Waals surface area contributed by atoms with Crippen LogP contribution in [0.5, 0.6) is 17.2 Å². The highest BCUT2D eigenvalue weighted by Gasteiger charge is 2.25. The van der Waals surface area contributed by atoms with E-state index in [1.54, 1.807) is 33.5 Å². The van der Waals surface area contributed by atoms with E-state index in [2.05, 4.69) is 29.3 Å². The van der Waals surface area contributed by atoms with Crippen LogP contribution in [0.25, 0.3) is 0 Å². The first-order chi connectivity index (χ1) is 13.6. The molecule has 0 spiro atoms.